The van der Waals surface area contributed by atoms with Crippen molar-refractivity contribution in [2.24, 2.45) is 17.0 Å². The van der Waals surface area contributed by atoms with Crippen LogP contribution >= 0.6 is 0 Å². The van der Waals surface area contributed by atoms with E-state index in [0.29, 0.717) is 13.1 Å². The molecular formula is C11H23N3O3S. The highest BCUT2D eigenvalue weighted by atomic mass is 32.2. The van der Waals surface area contributed by atoms with Gasteiger partial charge in [0.15, 0.2) is 0 Å². The number of aliphatic hydroxyl groups is 1. The van der Waals surface area contributed by atoms with Crippen LogP contribution in [-0.4, -0.2) is 62.1 Å². The molecule has 0 unspecified atom stereocenters. The molecule has 0 aromatic rings. The summed E-state index contributed by atoms with van der Waals surface area (Å²) in [5.41, 5.74) is 0. The number of hydrogen-bond acceptors (Lipinski definition) is 4. The molecule has 0 aliphatic carbocycles. The molecule has 0 amide bonds. The van der Waals surface area contributed by atoms with Crippen molar-refractivity contribution < 1.29 is 13.5 Å². The van der Waals surface area contributed by atoms with Gasteiger partial charge in [-0.2, -0.15) is 12.7 Å². The van der Waals surface area contributed by atoms with Gasteiger partial charge in [-0.25, -0.2) is 5.14 Å². The van der Waals surface area contributed by atoms with Crippen molar-refractivity contribution in [3.63, 3.8) is 0 Å². The maximum Gasteiger partial charge on any atom is 0.276 e. The summed E-state index contributed by atoms with van der Waals surface area (Å²) in [5, 5.41) is 14.5. The number of nitrogens with two attached hydrogens (primary N) is 1. The summed E-state index contributed by atoms with van der Waals surface area (Å²) in [6, 6.07) is 0. The van der Waals surface area contributed by atoms with Gasteiger partial charge in [-0.05, 0) is 44.2 Å². The van der Waals surface area contributed by atoms with Crippen LogP contribution in [-0.2, 0) is 10.2 Å². The summed E-state index contributed by atoms with van der Waals surface area (Å²) in [7, 11) is -3.63. The first-order valence-electron chi connectivity index (χ1n) is 6.60. The summed E-state index contributed by atoms with van der Waals surface area (Å²) in [4.78, 5) is 2.38. The normalized spacial score (nSPS) is 31.9. The van der Waals surface area contributed by atoms with Crippen LogP contribution in [0.15, 0.2) is 0 Å². The minimum absolute atomic E-state index is 0.0182. The first-order valence-corrected chi connectivity index (χ1v) is 8.10. The molecule has 2 aliphatic heterocycles. The zero-order valence-corrected chi connectivity index (χ0v) is 11.5. The lowest BCUT2D eigenvalue weighted by Crippen LogP contribution is -2.49. The number of likely N-dealkylation sites (tertiary alicyclic amines) is 1. The van der Waals surface area contributed by atoms with Gasteiger partial charge in [-0.3, -0.25) is 0 Å². The molecule has 6 nitrogen and oxygen atoms in total. The van der Waals surface area contributed by atoms with Crippen LogP contribution in [0.5, 0.6) is 0 Å². The predicted molar refractivity (Wildman–Crippen MR) is 69.0 cm³/mol. The minimum Gasteiger partial charge on any atom is -0.396 e. The zero-order chi connectivity index (χ0) is 13.2. The molecule has 7 heteroatoms. The number of nitrogens with zero attached hydrogens (tertiary/aromatic N) is 2. The topological polar surface area (TPSA) is 86.9 Å². The molecule has 18 heavy (non-hydrogen) atoms. The van der Waals surface area contributed by atoms with Crippen LogP contribution in [0.1, 0.15) is 19.3 Å². The van der Waals surface area contributed by atoms with E-state index in [-0.39, 0.29) is 18.4 Å². The van der Waals surface area contributed by atoms with E-state index in [1.165, 1.54) is 17.1 Å². The molecule has 2 saturated heterocycles. The average molecular weight is 277 g/mol. The van der Waals surface area contributed by atoms with E-state index in [9.17, 15) is 13.5 Å². The van der Waals surface area contributed by atoms with Gasteiger partial charge in [-0.1, -0.05) is 0 Å². The van der Waals surface area contributed by atoms with Gasteiger partial charge in [-0.15, -0.1) is 0 Å². The molecule has 2 aliphatic rings. The Bertz CT molecular complexity index is 368. The summed E-state index contributed by atoms with van der Waals surface area (Å²) < 4.78 is 24.2. The highest BCUT2D eigenvalue weighted by molar-refractivity contribution is 7.86. The van der Waals surface area contributed by atoms with Crippen molar-refractivity contribution in [3.8, 4) is 0 Å². The van der Waals surface area contributed by atoms with Crippen molar-refractivity contribution in [3.05, 3.63) is 0 Å². The Morgan fingerprint density at radius 3 is 2.33 bits per heavy atom. The molecule has 2 heterocycles. The number of rotatable bonds is 4. The fourth-order valence-corrected chi connectivity index (χ4v) is 3.91. The monoisotopic (exact) mass is 277 g/mol. The Labute approximate surface area is 109 Å². The Hall–Kier alpha value is -0.210. The van der Waals surface area contributed by atoms with Gasteiger partial charge >= 0.3 is 0 Å². The van der Waals surface area contributed by atoms with Gasteiger partial charge in [0, 0.05) is 26.2 Å². The predicted octanol–water partition coefficient (Wildman–Crippen LogP) is -0.784. The average Bonchev–Trinajstić information content (AvgIpc) is 2.80. The SMILES string of the molecule is NS(=O)(=O)N1C[C@H](CO)C[C@H](CN2CCCC2)C1. The van der Waals surface area contributed by atoms with Crippen LogP contribution < -0.4 is 5.14 Å². The first-order chi connectivity index (χ1) is 8.49. The molecule has 3 N–H and O–H groups in total. The van der Waals surface area contributed by atoms with Crippen LogP contribution in [0.4, 0.5) is 0 Å². The summed E-state index contributed by atoms with van der Waals surface area (Å²) in [5.74, 6) is 0.303. The summed E-state index contributed by atoms with van der Waals surface area (Å²) >= 11 is 0. The van der Waals surface area contributed by atoms with E-state index in [1.807, 2.05) is 0 Å². The Balaban J connectivity index is 1.96. The van der Waals surface area contributed by atoms with Gasteiger partial charge in [0.05, 0.1) is 0 Å². The maximum absolute atomic E-state index is 11.4. The fraction of sp³-hybridized carbons (Fsp3) is 1.00. The van der Waals surface area contributed by atoms with Crippen molar-refractivity contribution in [1.82, 2.24) is 9.21 Å². The number of piperidine rings is 1. The number of aliphatic hydroxyl groups excluding tert-OH is 1. The molecule has 106 valence electrons. The second-order valence-corrected chi connectivity index (χ2v) is 7.07. The second-order valence-electron chi connectivity index (χ2n) is 5.52. The maximum atomic E-state index is 11.4. The van der Waals surface area contributed by atoms with Crippen LogP contribution in [0.2, 0.25) is 0 Å². The molecule has 0 radical (unpaired) electrons. The third kappa shape index (κ3) is 3.64. The van der Waals surface area contributed by atoms with Crippen molar-refractivity contribution in [2.75, 3.05) is 39.3 Å². The van der Waals surface area contributed by atoms with E-state index in [0.717, 1.165) is 26.1 Å². The molecule has 0 spiro atoms. The molecule has 0 aromatic heterocycles. The summed E-state index contributed by atoms with van der Waals surface area (Å²) in [6.45, 7) is 4.01. The lowest BCUT2D eigenvalue weighted by atomic mass is 9.90. The molecular weight excluding hydrogens is 254 g/mol. The van der Waals surface area contributed by atoms with Crippen molar-refractivity contribution in [2.45, 2.75) is 19.3 Å². The first kappa shape index (κ1) is 14.2. The van der Waals surface area contributed by atoms with Crippen molar-refractivity contribution in [1.29, 1.82) is 0 Å². The molecule has 2 rings (SSSR count). The van der Waals surface area contributed by atoms with E-state index in [4.69, 9.17) is 5.14 Å². The van der Waals surface area contributed by atoms with Gasteiger partial charge < -0.3 is 10.0 Å². The molecule has 0 bridgehead atoms. The smallest absolute Gasteiger partial charge is 0.276 e. The Morgan fingerprint density at radius 2 is 1.78 bits per heavy atom. The minimum atomic E-state index is -3.63. The second kappa shape index (κ2) is 5.83. The molecule has 0 aromatic carbocycles. The molecule has 2 atom stereocenters. The number of hydrogen-bond donors (Lipinski definition) is 2. The van der Waals surface area contributed by atoms with Crippen LogP contribution in [0, 0.1) is 11.8 Å². The standard InChI is InChI=1S/C11H23N3O3S/c12-18(16,17)14-7-10(5-11(8-14)9-15)6-13-3-1-2-4-13/h10-11,15H,1-9H2,(H2,12,16,17)/t10-,11-/m1/s1. The van der Waals surface area contributed by atoms with Crippen LogP contribution in [0.25, 0.3) is 0 Å². The summed E-state index contributed by atoms with van der Waals surface area (Å²) in [6.07, 6.45) is 3.35. The quantitative estimate of drug-likeness (QED) is 0.705. The highest BCUT2D eigenvalue weighted by Gasteiger charge is 2.33. The Kier molecular flexibility index (Phi) is 4.60. The van der Waals surface area contributed by atoms with Crippen molar-refractivity contribution >= 4 is 10.2 Å². The van der Waals surface area contributed by atoms with Gasteiger partial charge in [0.25, 0.3) is 10.2 Å². The Morgan fingerprint density at radius 1 is 1.17 bits per heavy atom. The highest BCUT2D eigenvalue weighted by Crippen LogP contribution is 2.24. The lowest BCUT2D eigenvalue weighted by Gasteiger charge is -2.36. The van der Waals surface area contributed by atoms with E-state index in [1.54, 1.807) is 0 Å². The molecule has 0 saturated carbocycles. The van der Waals surface area contributed by atoms with E-state index >= 15 is 0 Å². The van der Waals surface area contributed by atoms with Crippen LogP contribution in [0.3, 0.4) is 0 Å². The fourth-order valence-electron chi connectivity index (χ4n) is 3.07. The third-order valence-electron chi connectivity index (χ3n) is 3.92. The van der Waals surface area contributed by atoms with E-state index in [2.05, 4.69) is 4.90 Å². The lowest BCUT2D eigenvalue weighted by molar-refractivity contribution is 0.112. The van der Waals surface area contributed by atoms with Gasteiger partial charge in [0.2, 0.25) is 0 Å². The zero-order valence-electron chi connectivity index (χ0n) is 10.7. The molecule has 2 fully saturated rings. The third-order valence-corrected chi connectivity index (χ3v) is 4.94. The largest absolute Gasteiger partial charge is 0.396 e. The van der Waals surface area contributed by atoms with Gasteiger partial charge in [0.1, 0.15) is 0 Å². The van der Waals surface area contributed by atoms with E-state index < -0.39 is 10.2 Å².